The van der Waals surface area contributed by atoms with E-state index in [9.17, 15) is 4.79 Å². The van der Waals surface area contributed by atoms with Crippen molar-refractivity contribution in [3.8, 4) is 5.75 Å². The summed E-state index contributed by atoms with van der Waals surface area (Å²) >= 11 is 3.49. The van der Waals surface area contributed by atoms with Gasteiger partial charge in [0.05, 0.1) is 16.7 Å². The maximum Gasteiger partial charge on any atom is 0.274 e. The van der Waals surface area contributed by atoms with Crippen LogP contribution in [0.15, 0.2) is 41.1 Å². The third-order valence-electron chi connectivity index (χ3n) is 4.39. The van der Waals surface area contributed by atoms with Gasteiger partial charge in [0, 0.05) is 26.0 Å². The summed E-state index contributed by atoms with van der Waals surface area (Å²) in [6, 6.07) is 7.72. The summed E-state index contributed by atoms with van der Waals surface area (Å²) in [6.07, 6.45) is 3.65. The van der Waals surface area contributed by atoms with Gasteiger partial charge in [0.1, 0.15) is 5.75 Å². The second-order valence-electron chi connectivity index (χ2n) is 6.72. The number of ether oxygens (including phenoxy) is 1. The lowest BCUT2D eigenvalue weighted by Crippen LogP contribution is -2.27. The van der Waals surface area contributed by atoms with E-state index in [-0.39, 0.29) is 12.6 Å². The quantitative estimate of drug-likeness (QED) is 0.554. The van der Waals surface area contributed by atoms with Crippen molar-refractivity contribution in [3.05, 3.63) is 63.6 Å². The van der Waals surface area contributed by atoms with Crippen LogP contribution < -0.4 is 4.74 Å². The van der Waals surface area contributed by atoms with Gasteiger partial charge in [-0.2, -0.15) is 10.2 Å². The minimum atomic E-state index is -0.164. The lowest BCUT2D eigenvalue weighted by atomic mass is 10.1. The summed E-state index contributed by atoms with van der Waals surface area (Å²) in [7, 11) is 1.74. The van der Waals surface area contributed by atoms with Crippen LogP contribution in [0.3, 0.4) is 0 Å². The number of benzene rings is 1. The number of hydrogen-bond donors (Lipinski definition) is 0. The molecule has 0 radical (unpaired) electrons. The molecular weight excluding hydrogens is 422 g/mol. The Morgan fingerprint density at radius 3 is 2.68 bits per heavy atom. The molecule has 1 aromatic carbocycles. The number of hydrogen-bond acceptors (Lipinski definition) is 4. The lowest BCUT2D eigenvalue weighted by molar-refractivity contribution is 0.0775. The van der Waals surface area contributed by atoms with Gasteiger partial charge in [0.25, 0.3) is 5.91 Å². The molecule has 0 unspecified atom stereocenters. The topological polar surface area (TPSA) is 65.2 Å². The second-order valence-corrected chi connectivity index (χ2v) is 7.58. The zero-order valence-electron chi connectivity index (χ0n) is 16.5. The molecule has 3 aromatic rings. The van der Waals surface area contributed by atoms with Crippen molar-refractivity contribution in [2.45, 2.75) is 40.6 Å². The van der Waals surface area contributed by atoms with Crippen LogP contribution in [0.2, 0.25) is 0 Å². The van der Waals surface area contributed by atoms with E-state index < -0.39 is 0 Å². The lowest BCUT2D eigenvalue weighted by Gasteiger charge is -2.14. The first-order valence-electron chi connectivity index (χ1n) is 9.08. The van der Waals surface area contributed by atoms with Gasteiger partial charge in [-0.25, -0.2) is 4.68 Å². The maximum absolute atomic E-state index is 12.7. The number of carbonyl (C=O) groups excluding carboxylic acids is 1. The molecule has 0 aliphatic rings. The van der Waals surface area contributed by atoms with E-state index in [0.717, 1.165) is 28.0 Å². The normalized spacial score (nSPS) is 10.9. The molecule has 8 heteroatoms. The van der Waals surface area contributed by atoms with Crippen LogP contribution in [0.4, 0.5) is 0 Å². The van der Waals surface area contributed by atoms with Crippen molar-refractivity contribution < 1.29 is 9.53 Å². The van der Waals surface area contributed by atoms with E-state index in [4.69, 9.17) is 4.74 Å². The SMILES string of the molecule is CCn1cc(Br)c(CN(C)C(=O)c2ccn(COc3ccc(C)cc3C)n2)n1. The Labute approximate surface area is 173 Å². The molecule has 28 heavy (non-hydrogen) atoms. The average Bonchev–Trinajstić information content (AvgIpc) is 3.27. The van der Waals surface area contributed by atoms with Crippen molar-refractivity contribution in [2.75, 3.05) is 7.05 Å². The van der Waals surface area contributed by atoms with Gasteiger partial charge in [0.15, 0.2) is 12.4 Å². The van der Waals surface area contributed by atoms with Gasteiger partial charge >= 0.3 is 0 Å². The minimum absolute atomic E-state index is 0.164. The van der Waals surface area contributed by atoms with E-state index in [1.165, 1.54) is 5.56 Å². The second kappa shape index (κ2) is 8.60. The average molecular weight is 446 g/mol. The molecule has 1 amide bonds. The largest absolute Gasteiger partial charge is 0.471 e. The molecule has 0 atom stereocenters. The highest BCUT2D eigenvalue weighted by Gasteiger charge is 2.18. The van der Waals surface area contributed by atoms with Crippen molar-refractivity contribution >= 4 is 21.8 Å². The van der Waals surface area contributed by atoms with Crippen LogP contribution in [0.5, 0.6) is 5.75 Å². The van der Waals surface area contributed by atoms with E-state index in [1.807, 2.05) is 43.8 Å². The molecular formula is C20H24BrN5O2. The first-order chi connectivity index (χ1) is 13.4. The maximum atomic E-state index is 12.7. The third-order valence-corrected chi connectivity index (χ3v) is 5.05. The zero-order valence-corrected chi connectivity index (χ0v) is 18.1. The van der Waals surface area contributed by atoms with Crippen molar-refractivity contribution in [1.29, 1.82) is 0 Å². The molecule has 2 heterocycles. The van der Waals surface area contributed by atoms with E-state index in [0.29, 0.717) is 12.2 Å². The van der Waals surface area contributed by atoms with Crippen LogP contribution in [0.1, 0.15) is 34.2 Å². The van der Waals surface area contributed by atoms with E-state index in [1.54, 1.807) is 28.9 Å². The molecule has 0 aliphatic carbocycles. The van der Waals surface area contributed by atoms with Crippen molar-refractivity contribution in [2.24, 2.45) is 0 Å². The number of nitrogens with zero attached hydrogens (tertiary/aromatic N) is 5. The van der Waals surface area contributed by atoms with Crippen molar-refractivity contribution in [3.63, 3.8) is 0 Å². The molecule has 0 bridgehead atoms. The number of carbonyl (C=O) groups is 1. The summed E-state index contributed by atoms with van der Waals surface area (Å²) in [6.45, 7) is 7.49. The molecule has 0 fully saturated rings. The van der Waals surface area contributed by atoms with Crippen molar-refractivity contribution in [1.82, 2.24) is 24.5 Å². The minimum Gasteiger partial charge on any atom is -0.471 e. The van der Waals surface area contributed by atoms with Crippen LogP contribution >= 0.6 is 15.9 Å². The Morgan fingerprint density at radius 2 is 2.00 bits per heavy atom. The molecule has 3 rings (SSSR count). The van der Waals surface area contributed by atoms with Crippen LogP contribution in [0, 0.1) is 13.8 Å². The molecule has 2 aromatic heterocycles. The summed E-state index contributed by atoms with van der Waals surface area (Å²) in [4.78, 5) is 14.3. The Bertz CT molecular complexity index is 979. The Morgan fingerprint density at radius 1 is 1.21 bits per heavy atom. The fraction of sp³-hybridized carbons (Fsp3) is 0.350. The Kier molecular flexibility index (Phi) is 6.18. The van der Waals surface area contributed by atoms with Gasteiger partial charge in [-0.1, -0.05) is 17.7 Å². The number of aryl methyl sites for hydroxylation is 3. The summed E-state index contributed by atoms with van der Waals surface area (Å²) in [5.74, 6) is 0.644. The van der Waals surface area contributed by atoms with Gasteiger partial charge in [-0.3, -0.25) is 9.48 Å². The van der Waals surface area contributed by atoms with Gasteiger partial charge in [-0.15, -0.1) is 0 Å². The molecule has 0 spiro atoms. The third kappa shape index (κ3) is 4.62. The zero-order chi connectivity index (χ0) is 20.3. The number of amides is 1. The predicted octanol–water partition coefficient (Wildman–Crippen LogP) is 3.79. The predicted molar refractivity (Wildman–Crippen MR) is 110 cm³/mol. The molecule has 0 aliphatic heterocycles. The monoisotopic (exact) mass is 445 g/mol. The van der Waals surface area contributed by atoms with Crippen LogP contribution in [-0.2, 0) is 19.8 Å². The highest BCUT2D eigenvalue weighted by molar-refractivity contribution is 9.10. The fourth-order valence-corrected chi connectivity index (χ4v) is 3.28. The molecule has 7 nitrogen and oxygen atoms in total. The van der Waals surface area contributed by atoms with Gasteiger partial charge < -0.3 is 9.64 Å². The van der Waals surface area contributed by atoms with E-state index in [2.05, 4.69) is 32.2 Å². The van der Waals surface area contributed by atoms with E-state index >= 15 is 0 Å². The van der Waals surface area contributed by atoms with Crippen LogP contribution in [-0.4, -0.2) is 37.4 Å². The highest BCUT2D eigenvalue weighted by atomic mass is 79.9. The highest BCUT2D eigenvalue weighted by Crippen LogP contribution is 2.19. The first kappa shape index (κ1) is 20.1. The smallest absolute Gasteiger partial charge is 0.274 e. The Hall–Kier alpha value is -2.61. The standard InChI is InChI=1S/C20H24BrN5O2/c1-5-25-11-16(21)18(23-25)12-24(4)20(27)17-8-9-26(22-17)13-28-19-7-6-14(2)10-15(19)3/h6-11H,5,12-13H2,1-4H3. The summed E-state index contributed by atoms with van der Waals surface area (Å²) in [5, 5.41) is 8.80. The number of aromatic nitrogens is 4. The summed E-state index contributed by atoms with van der Waals surface area (Å²) in [5.41, 5.74) is 3.45. The number of halogens is 1. The number of rotatable bonds is 7. The van der Waals surface area contributed by atoms with Gasteiger partial charge in [0.2, 0.25) is 0 Å². The molecule has 0 N–H and O–H groups in total. The van der Waals surface area contributed by atoms with Gasteiger partial charge in [-0.05, 0) is 54.4 Å². The van der Waals surface area contributed by atoms with Crippen LogP contribution in [0.25, 0.3) is 0 Å². The first-order valence-corrected chi connectivity index (χ1v) is 9.87. The molecule has 0 saturated carbocycles. The Balaban J connectivity index is 1.62. The summed E-state index contributed by atoms with van der Waals surface area (Å²) < 4.78 is 10.1. The molecule has 148 valence electrons. The fourth-order valence-electron chi connectivity index (χ4n) is 2.84. The molecule has 0 saturated heterocycles.